The number of nitrogens with one attached hydrogen (secondary N) is 1. The third kappa shape index (κ3) is 7.05. The van der Waals surface area contributed by atoms with Crippen LogP contribution < -0.4 is 14.8 Å². The van der Waals surface area contributed by atoms with Crippen molar-refractivity contribution >= 4 is 11.7 Å². The van der Waals surface area contributed by atoms with Crippen LogP contribution >= 0.6 is 0 Å². The van der Waals surface area contributed by atoms with Gasteiger partial charge in [0.1, 0.15) is 17.3 Å². The number of benzene rings is 4. The molecule has 0 fully saturated rings. The van der Waals surface area contributed by atoms with Crippen molar-refractivity contribution in [3.05, 3.63) is 126 Å². The average molecular weight is 588 g/mol. The first kappa shape index (κ1) is 30.7. The average Bonchev–Trinajstić information content (AvgIpc) is 3.54. The quantitative estimate of drug-likeness (QED) is 0.116. The van der Waals surface area contributed by atoms with Crippen molar-refractivity contribution in [3.8, 4) is 33.8 Å². The summed E-state index contributed by atoms with van der Waals surface area (Å²) in [5.41, 5.74) is 7.14. The smallest absolute Gasteiger partial charge is 0.313 e. The lowest BCUT2D eigenvalue weighted by Gasteiger charge is -2.23. The van der Waals surface area contributed by atoms with E-state index in [1.807, 2.05) is 48.5 Å². The van der Waals surface area contributed by atoms with Crippen LogP contribution in [0.4, 0.5) is 5.69 Å². The van der Waals surface area contributed by atoms with E-state index in [0.717, 1.165) is 33.7 Å². The predicted octanol–water partition coefficient (Wildman–Crippen LogP) is 9.89. The summed E-state index contributed by atoms with van der Waals surface area (Å²) in [5.74, 6) is 2.32. The Morgan fingerprint density at radius 3 is 1.84 bits per heavy atom. The fourth-order valence-electron chi connectivity index (χ4n) is 5.75. The van der Waals surface area contributed by atoms with Crippen molar-refractivity contribution in [1.82, 2.24) is 0 Å². The Bertz CT molecular complexity index is 1620. The molecule has 1 unspecified atom stereocenters. The van der Waals surface area contributed by atoms with E-state index in [2.05, 4.69) is 87.6 Å². The van der Waals surface area contributed by atoms with Gasteiger partial charge in [-0.05, 0) is 58.4 Å². The van der Waals surface area contributed by atoms with Crippen molar-refractivity contribution in [2.24, 2.45) is 0 Å². The van der Waals surface area contributed by atoms with Gasteiger partial charge < -0.3 is 19.2 Å². The molecule has 0 saturated heterocycles. The Hall–Kier alpha value is -4.77. The van der Waals surface area contributed by atoms with Gasteiger partial charge in [0, 0.05) is 23.6 Å². The zero-order chi connectivity index (χ0) is 31.1. The molecule has 0 bridgehead atoms. The molecule has 5 aromatic rings. The Morgan fingerprint density at radius 1 is 0.705 bits per heavy atom. The van der Waals surface area contributed by atoms with Crippen LogP contribution in [0.25, 0.3) is 22.3 Å². The third-order valence-electron chi connectivity index (χ3n) is 7.88. The molecule has 0 aliphatic carbocycles. The summed E-state index contributed by atoms with van der Waals surface area (Å²) in [6, 6.07) is 34.1. The molecule has 0 radical (unpaired) electrons. The van der Waals surface area contributed by atoms with E-state index in [-0.39, 0.29) is 18.4 Å². The minimum Gasteiger partial charge on any atom is -0.495 e. The van der Waals surface area contributed by atoms with Gasteiger partial charge in [-0.3, -0.25) is 4.79 Å². The van der Waals surface area contributed by atoms with Crippen LogP contribution in [0.3, 0.4) is 0 Å². The van der Waals surface area contributed by atoms with E-state index in [9.17, 15) is 4.79 Å². The fourth-order valence-corrected chi connectivity index (χ4v) is 5.75. The van der Waals surface area contributed by atoms with Crippen molar-refractivity contribution in [3.63, 3.8) is 0 Å². The number of furan rings is 1. The third-order valence-corrected chi connectivity index (χ3v) is 7.88. The number of carbonyl (C=O) groups is 1. The summed E-state index contributed by atoms with van der Waals surface area (Å²) >= 11 is 0. The first-order valence-electron chi connectivity index (χ1n) is 15.3. The second kappa shape index (κ2) is 14.1. The first-order chi connectivity index (χ1) is 21.4. The van der Waals surface area contributed by atoms with Gasteiger partial charge in [-0.25, -0.2) is 0 Å². The lowest BCUT2D eigenvalue weighted by Crippen LogP contribution is -2.28. The summed E-state index contributed by atoms with van der Waals surface area (Å²) < 4.78 is 17.7. The normalized spacial score (nSPS) is 11.9. The maximum Gasteiger partial charge on any atom is 0.313 e. The lowest BCUT2D eigenvalue weighted by atomic mass is 9.87. The van der Waals surface area contributed by atoms with Gasteiger partial charge in [0.05, 0.1) is 25.5 Å². The van der Waals surface area contributed by atoms with Gasteiger partial charge in [0.25, 0.3) is 0 Å². The maximum absolute atomic E-state index is 14.0. The minimum atomic E-state index is -0.332. The number of methoxy groups -OCH3 is 1. The molecule has 5 rings (SSSR count). The summed E-state index contributed by atoms with van der Waals surface area (Å²) in [6.45, 7) is 8.74. The minimum absolute atomic E-state index is 0.115. The number of rotatable bonds is 12. The molecule has 5 nitrogen and oxygen atoms in total. The topological polar surface area (TPSA) is 60.7 Å². The highest BCUT2D eigenvalue weighted by molar-refractivity contribution is 5.88. The Balaban J connectivity index is 1.56. The van der Waals surface area contributed by atoms with Gasteiger partial charge in [0.15, 0.2) is 0 Å². The molecule has 1 N–H and O–H groups in total. The van der Waals surface area contributed by atoms with Gasteiger partial charge in [-0.2, -0.15) is 0 Å². The van der Waals surface area contributed by atoms with Gasteiger partial charge >= 0.3 is 5.97 Å². The fraction of sp³-hybridized carbons (Fsp3) is 0.256. The van der Waals surface area contributed by atoms with Crippen molar-refractivity contribution in [1.29, 1.82) is 0 Å². The van der Waals surface area contributed by atoms with Crippen LogP contribution in [0.2, 0.25) is 0 Å². The molecule has 1 atom stereocenters. The van der Waals surface area contributed by atoms with Crippen molar-refractivity contribution in [2.75, 3.05) is 12.4 Å². The molecule has 1 aromatic heterocycles. The van der Waals surface area contributed by atoms with Crippen molar-refractivity contribution < 1.29 is 18.7 Å². The molecule has 1 heterocycles. The van der Waals surface area contributed by atoms with Crippen LogP contribution in [0.15, 0.2) is 114 Å². The van der Waals surface area contributed by atoms with E-state index in [1.165, 1.54) is 11.1 Å². The number of para-hydroxylation sites is 3. The second-order valence-electron chi connectivity index (χ2n) is 11.7. The summed E-state index contributed by atoms with van der Waals surface area (Å²) in [6.07, 6.45) is 2.26. The molecular formula is C39H41NO4. The SMILES string of the molecule is COc1ccccc1NC(CC(=O)Oc1c(-c2ccccc2C(C)C)cccc1-c1ccccc1C(C)C)Cc1ccco1. The molecule has 0 aliphatic rings. The highest BCUT2D eigenvalue weighted by atomic mass is 16.5. The van der Waals surface area contributed by atoms with E-state index in [1.54, 1.807) is 13.4 Å². The van der Waals surface area contributed by atoms with Gasteiger partial charge in [-0.15, -0.1) is 0 Å². The van der Waals surface area contributed by atoms with Crippen molar-refractivity contribution in [2.45, 2.75) is 58.4 Å². The molecule has 44 heavy (non-hydrogen) atoms. The monoisotopic (exact) mass is 587 g/mol. The van der Waals surface area contributed by atoms with Crippen LogP contribution in [0.5, 0.6) is 11.5 Å². The molecule has 0 spiro atoms. The number of hydrogen-bond acceptors (Lipinski definition) is 5. The zero-order valence-corrected chi connectivity index (χ0v) is 26.2. The number of carbonyl (C=O) groups excluding carboxylic acids is 1. The molecule has 5 heteroatoms. The molecular weight excluding hydrogens is 546 g/mol. The molecule has 4 aromatic carbocycles. The predicted molar refractivity (Wildman–Crippen MR) is 179 cm³/mol. The van der Waals surface area contributed by atoms with Gasteiger partial charge in [-0.1, -0.05) is 107 Å². The first-order valence-corrected chi connectivity index (χ1v) is 15.3. The van der Waals surface area contributed by atoms with Crippen LogP contribution in [-0.4, -0.2) is 19.1 Å². The number of anilines is 1. The largest absolute Gasteiger partial charge is 0.495 e. The molecule has 0 saturated carbocycles. The number of hydrogen-bond donors (Lipinski definition) is 1. The molecule has 0 amide bonds. The summed E-state index contributed by atoms with van der Waals surface area (Å²) in [5, 5.41) is 3.51. The van der Waals surface area contributed by atoms with E-state index in [0.29, 0.717) is 29.8 Å². The lowest BCUT2D eigenvalue weighted by molar-refractivity contribution is -0.134. The Morgan fingerprint density at radius 2 is 1.27 bits per heavy atom. The molecule has 0 aliphatic heterocycles. The van der Waals surface area contributed by atoms with E-state index in [4.69, 9.17) is 13.9 Å². The summed E-state index contributed by atoms with van der Waals surface area (Å²) in [4.78, 5) is 14.0. The highest BCUT2D eigenvalue weighted by Gasteiger charge is 2.24. The van der Waals surface area contributed by atoms with Crippen LogP contribution in [-0.2, 0) is 11.2 Å². The van der Waals surface area contributed by atoms with Gasteiger partial charge in [0.2, 0.25) is 0 Å². The van der Waals surface area contributed by atoms with Crippen LogP contribution in [0.1, 0.15) is 62.8 Å². The molecule has 226 valence electrons. The second-order valence-corrected chi connectivity index (χ2v) is 11.7. The van der Waals surface area contributed by atoms with E-state index >= 15 is 0 Å². The van der Waals surface area contributed by atoms with E-state index < -0.39 is 0 Å². The number of ether oxygens (including phenoxy) is 2. The highest BCUT2D eigenvalue weighted by Crippen LogP contribution is 2.43. The maximum atomic E-state index is 14.0. The standard InChI is InChI=1S/C39H41NO4/c1-26(2)30-15-6-8-17-32(30)34-19-12-20-35(33-18-9-7-16-31(33)27(3)4)39(34)44-38(41)25-28(24-29-14-13-23-43-29)40-36-21-10-11-22-37(36)42-5/h6-23,26-28,40H,24-25H2,1-5H3. The Labute approximate surface area is 260 Å². The Kier molecular flexibility index (Phi) is 9.86. The van der Waals surface area contributed by atoms with Crippen LogP contribution in [0, 0.1) is 0 Å². The summed E-state index contributed by atoms with van der Waals surface area (Å²) in [7, 11) is 1.64. The zero-order valence-electron chi connectivity index (χ0n) is 26.2. The number of esters is 1.